The lowest BCUT2D eigenvalue weighted by Gasteiger charge is -2.08. The number of benzene rings is 2. The SMILES string of the molecule is Cc1cc(C(=O)Nc2cccc(CCCBr)c2)ccc1Cl. The lowest BCUT2D eigenvalue weighted by molar-refractivity contribution is 0.102. The van der Waals surface area contributed by atoms with Crippen LogP contribution < -0.4 is 5.32 Å². The summed E-state index contributed by atoms with van der Waals surface area (Å²) in [5, 5.41) is 4.58. The van der Waals surface area contributed by atoms with Crippen LogP contribution in [0.2, 0.25) is 5.02 Å². The molecule has 21 heavy (non-hydrogen) atoms. The molecule has 0 saturated heterocycles. The highest BCUT2D eigenvalue weighted by molar-refractivity contribution is 9.09. The van der Waals surface area contributed by atoms with Gasteiger partial charge in [-0.1, -0.05) is 39.7 Å². The van der Waals surface area contributed by atoms with Crippen LogP contribution in [0.1, 0.15) is 27.9 Å². The maximum absolute atomic E-state index is 12.2. The molecule has 2 rings (SSSR count). The summed E-state index contributed by atoms with van der Waals surface area (Å²) >= 11 is 9.41. The van der Waals surface area contributed by atoms with E-state index in [1.54, 1.807) is 18.2 Å². The highest BCUT2D eigenvalue weighted by Gasteiger charge is 2.08. The van der Waals surface area contributed by atoms with Gasteiger partial charge in [0.25, 0.3) is 5.91 Å². The molecule has 2 aromatic carbocycles. The largest absolute Gasteiger partial charge is 0.322 e. The average molecular weight is 367 g/mol. The van der Waals surface area contributed by atoms with Crippen LogP contribution in [0.25, 0.3) is 0 Å². The number of carbonyl (C=O) groups excluding carboxylic acids is 1. The van der Waals surface area contributed by atoms with Gasteiger partial charge in [-0.05, 0) is 61.2 Å². The minimum absolute atomic E-state index is 0.118. The maximum atomic E-state index is 12.2. The number of hydrogen-bond acceptors (Lipinski definition) is 1. The fourth-order valence-corrected chi connectivity index (χ4v) is 2.46. The number of amides is 1. The average Bonchev–Trinajstić information content (AvgIpc) is 2.48. The van der Waals surface area contributed by atoms with E-state index >= 15 is 0 Å². The molecule has 1 amide bonds. The predicted octanol–water partition coefficient (Wildman–Crippen LogP) is 5.23. The number of nitrogens with one attached hydrogen (secondary N) is 1. The minimum atomic E-state index is -0.118. The Labute approximate surface area is 138 Å². The van der Waals surface area contributed by atoms with Gasteiger partial charge < -0.3 is 5.32 Å². The monoisotopic (exact) mass is 365 g/mol. The van der Waals surface area contributed by atoms with E-state index < -0.39 is 0 Å². The van der Waals surface area contributed by atoms with E-state index in [1.807, 2.05) is 25.1 Å². The molecule has 110 valence electrons. The molecule has 0 aliphatic heterocycles. The normalized spacial score (nSPS) is 10.4. The quantitative estimate of drug-likeness (QED) is 0.721. The van der Waals surface area contributed by atoms with Crippen molar-refractivity contribution in [2.45, 2.75) is 19.8 Å². The third-order valence-electron chi connectivity index (χ3n) is 3.20. The van der Waals surface area contributed by atoms with Crippen LogP contribution in [0.5, 0.6) is 0 Å². The Morgan fingerprint density at radius 3 is 2.76 bits per heavy atom. The topological polar surface area (TPSA) is 29.1 Å². The molecular weight excluding hydrogens is 350 g/mol. The third kappa shape index (κ3) is 4.58. The Balaban J connectivity index is 2.10. The van der Waals surface area contributed by atoms with Crippen LogP contribution in [0, 0.1) is 6.92 Å². The lowest BCUT2D eigenvalue weighted by Crippen LogP contribution is -2.12. The Morgan fingerprint density at radius 2 is 2.05 bits per heavy atom. The van der Waals surface area contributed by atoms with Crippen molar-refractivity contribution in [3.05, 3.63) is 64.2 Å². The van der Waals surface area contributed by atoms with Crippen molar-refractivity contribution in [3.8, 4) is 0 Å². The first-order valence-electron chi connectivity index (χ1n) is 6.82. The molecule has 0 atom stereocenters. The highest BCUT2D eigenvalue weighted by Crippen LogP contribution is 2.18. The summed E-state index contributed by atoms with van der Waals surface area (Å²) in [6.45, 7) is 1.89. The van der Waals surface area contributed by atoms with E-state index in [1.165, 1.54) is 5.56 Å². The zero-order valence-electron chi connectivity index (χ0n) is 11.8. The van der Waals surface area contributed by atoms with Gasteiger partial charge in [-0.3, -0.25) is 4.79 Å². The van der Waals surface area contributed by atoms with Gasteiger partial charge in [0, 0.05) is 21.6 Å². The second kappa shape index (κ2) is 7.62. The zero-order valence-corrected chi connectivity index (χ0v) is 14.2. The van der Waals surface area contributed by atoms with Crippen LogP contribution in [0.3, 0.4) is 0 Å². The summed E-state index contributed by atoms with van der Waals surface area (Å²) in [7, 11) is 0. The number of aryl methyl sites for hydroxylation is 2. The first-order chi connectivity index (χ1) is 10.1. The molecule has 0 fully saturated rings. The number of rotatable bonds is 5. The summed E-state index contributed by atoms with van der Waals surface area (Å²) in [6.07, 6.45) is 2.07. The number of alkyl halides is 1. The van der Waals surface area contributed by atoms with Crippen molar-refractivity contribution in [1.82, 2.24) is 0 Å². The van der Waals surface area contributed by atoms with Gasteiger partial charge in [0.2, 0.25) is 0 Å². The Morgan fingerprint density at radius 1 is 1.24 bits per heavy atom. The molecule has 0 aliphatic rings. The van der Waals surface area contributed by atoms with Gasteiger partial charge >= 0.3 is 0 Å². The van der Waals surface area contributed by atoms with Crippen molar-refractivity contribution >= 4 is 39.1 Å². The van der Waals surface area contributed by atoms with Gasteiger partial charge in [-0.25, -0.2) is 0 Å². The van der Waals surface area contributed by atoms with E-state index in [0.29, 0.717) is 10.6 Å². The molecule has 2 nitrogen and oxygen atoms in total. The highest BCUT2D eigenvalue weighted by atomic mass is 79.9. The van der Waals surface area contributed by atoms with Crippen molar-refractivity contribution in [2.75, 3.05) is 10.6 Å². The van der Waals surface area contributed by atoms with Crippen LogP contribution in [0.4, 0.5) is 5.69 Å². The van der Waals surface area contributed by atoms with E-state index in [2.05, 4.69) is 27.3 Å². The Hall–Kier alpha value is -1.32. The standard InChI is InChI=1S/C17H17BrClNO/c1-12-10-14(7-8-16(12)19)17(21)20-15-6-2-4-13(11-15)5-3-9-18/h2,4,6-8,10-11H,3,5,9H2,1H3,(H,20,21). The van der Waals surface area contributed by atoms with E-state index in [9.17, 15) is 4.79 Å². The second-order valence-corrected chi connectivity index (χ2v) is 6.11. The predicted molar refractivity (Wildman–Crippen MR) is 92.7 cm³/mol. The van der Waals surface area contributed by atoms with Crippen molar-refractivity contribution in [1.29, 1.82) is 0 Å². The van der Waals surface area contributed by atoms with Crippen LogP contribution in [0.15, 0.2) is 42.5 Å². The molecule has 1 N–H and O–H groups in total. The summed E-state index contributed by atoms with van der Waals surface area (Å²) in [5.41, 5.74) is 3.55. The summed E-state index contributed by atoms with van der Waals surface area (Å²) in [5.74, 6) is -0.118. The second-order valence-electron chi connectivity index (χ2n) is 4.91. The van der Waals surface area contributed by atoms with E-state index in [4.69, 9.17) is 11.6 Å². The van der Waals surface area contributed by atoms with Gasteiger partial charge in [-0.2, -0.15) is 0 Å². The molecule has 0 spiro atoms. The van der Waals surface area contributed by atoms with Gasteiger partial charge in [0.05, 0.1) is 0 Å². The molecule has 0 bridgehead atoms. The number of anilines is 1. The number of halogens is 2. The van der Waals surface area contributed by atoms with E-state index in [-0.39, 0.29) is 5.91 Å². The molecule has 0 saturated carbocycles. The molecule has 0 aromatic heterocycles. The number of carbonyl (C=O) groups is 1. The smallest absolute Gasteiger partial charge is 0.255 e. The summed E-state index contributed by atoms with van der Waals surface area (Å²) in [4.78, 5) is 12.2. The molecule has 0 unspecified atom stereocenters. The fourth-order valence-electron chi connectivity index (χ4n) is 2.06. The van der Waals surface area contributed by atoms with Crippen molar-refractivity contribution in [3.63, 3.8) is 0 Å². The Bertz CT molecular complexity index is 642. The van der Waals surface area contributed by atoms with Crippen molar-refractivity contribution < 1.29 is 4.79 Å². The van der Waals surface area contributed by atoms with Crippen LogP contribution >= 0.6 is 27.5 Å². The van der Waals surface area contributed by atoms with Crippen LogP contribution in [-0.2, 0) is 6.42 Å². The first-order valence-corrected chi connectivity index (χ1v) is 8.32. The molecule has 0 aliphatic carbocycles. The zero-order chi connectivity index (χ0) is 15.2. The number of hydrogen-bond donors (Lipinski definition) is 1. The first kappa shape index (κ1) is 16.1. The molecular formula is C17H17BrClNO. The molecule has 4 heteroatoms. The van der Waals surface area contributed by atoms with Gasteiger partial charge in [0.1, 0.15) is 0 Å². The van der Waals surface area contributed by atoms with Crippen LogP contribution in [-0.4, -0.2) is 11.2 Å². The minimum Gasteiger partial charge on any atom is -0.322 e. The lowest BCUT2D eigenvalue weighted by atomic mass is 10.1. The van der Waals surface area contributed by atoms with Gasteiger partial charge in [0.15, 0.2) is 0 Å². The fraction of sp³-hybridized carbons (Fsp3) is 0.235. The maximum Gasteiger partial charge on any atom is 0.255 e. The van der Waals surface area contributed by atoms with E-state index in [0.717, 1.165) is 29.4 Å². The summed E-state index contributed by atoms with van der Waals surface area (Å²) < 4.78 is 0. The Kier molecular flexibility index (Phi) is 5.83. The molecule has 0 heterocycles. The third-order valence-corrected chi connectivity index (χ3v) is 4.19. The summed E-state index contributed by atoms with van der Waals surface area (Å²) in [6, 6.07) is 13.2. The van der Waals surface area contributed by atoms with Gasteiger partial charge in [-0.15, -0.1) is 0 Å². The van der Waals surface area contributed by atoms with Crippen molar-refractivity contribution in [2.24, 2.45) is 0 Å². The molecule has 0 radical (unpaired) electrons. The molecule has 2 aromatic rings.